The number of nitrogens with zero attached hydrogens (tertiary/aromatic N) is 3. The van der Waals surface area contributed by atoms with Gasteiger partial charge in [-0.1, -0.05) is 109 Å². The Morgan fingerprint density at radius 3 is 1.40 bits per heavy atom. The molecule has 5 rings (SSSR count). The molecule has 4 heteroatoms. The molecule has 0 spiro atoms. The first-order valence-electron chi connectivity index (χ1n) is 13.8. The van der Waals surface area contributed by atoms with Gasteiger partial charge >= 0.3 is 0 Å². The molecule has 0 atom stereocenters. The van der Waals surface area contributed by atoms with Crippen molar-refractivity contribution in [3.05, 3.63) is 143 Å². The third kappa shape index (κ3) is 5.15. The van der Waals surface area contributed by atoms with Gasteiger partial charge in [-0.2, -0.15) is 0 Å². The predicted molar refractivity (Wildman–Crippen MR) is 174 cm³/mol. The fourth-order valence-corrected chi connectivity index (χ4v) is 9.88. The zero-order valence-corrected chi connectivity index (χ0v) is 25.3. The summed E-state index contributed by atoms with van der Waals surface area (Å²) in [6.07, 6.45) is 0. The number of benzene rings is 4. The lowest BCUT2D eigenvalue weighted by Crippen LogP contribution is -2.66. The quantitative estimate of drug-likeness (QED) is 0.127. The molecule has 200 valence electrons. The molecule has 5 aromatic rings. The topological polar surface area (TPSA) is 29.6 Å². The van der Waals surface area contributed by atoms with Gasteiger partial charge in [0.15, 0.2) is 0 Å². The number of aliphatic imine (C=N–C) groups is 1. The molecule has 1 heterocycles. The summed E-state index contributed by atoms with van der Waals surface area (Å²) in [7, 11) is -0.628. The second-order valence-electron chi connectivity index (χ2n) is 10.6. The maximum absolute atomic E-state index is 5.74. The first-order valence-corrected chi connectivity index (χ1v) is 15.8. The normalized spacial score (nSPS) is 12.6. The molecule has 3 nitrogen and oxygen atoms in total. The zero-order chi connectivity index (χ0) is 28.3. The van der Waals surface area contributed by atoms with Crippen molar-refractivity contribution in [2.45, 2.75) is 34.6 Å². The highest BCUT2D eigenvalue weighted by atomic mass is 28.3. The van der Waals surface area contributed by atoms with E-state index in [-0.39, 0.29) is 0 Å². The summed E-state index contributed by atoms with van der Waals surface area (Å²) in [5, 5.41) is 3.80. The van der Waals surface area contributed by atoms with Crippen LogP contribution in [-0.2, 0) is 7.05 Å². The smallest absolute Gasteiger partial charge is 0.273 e. The molecular formula is C36H37N3Si. The molecule has 0 amide bonds. The molecule has 1 aromatic heterocycles. The average molecular weight is 540 g/mol. The van der Waals surface area contributed by atoms with Gasteiger partial charge in [0.05, 0.1) is 22.8 Å². The fourth-order valence-electron chi connectivity index (χ4n) is 5.85. The van der Waals surface area contributed by atoms with Gasteiger partial charge < -0.3 is 9.23 Å². The van der Waals surface area contributed by atoms with E-state index in [1.165, 1.54) is 32.3 Å². The Labute approximate surface area is 239 Å². The molecule has 0 radical (unpaired) electrons. The number of rotatable bonds is 7. The summed E-state index contributed by atoms with van der Waals surface area (Å²) in [6.45, 7) is 10.7. The van der Waals surface area contributed by atoms with E-state index in [1.807, 2.05) is 0 Å². The van der Waals surface area contributed by atoms with Gasteiger partial charge in [-0.15, -0.1) is 0 Å². The van der Waals surface area contributed by atoms with Crippen LogP contribution in [0.5, 0.6) is 0 Å². The first kappa shape index (κ1) is 27.3. The number of hydrogen-bond donors (Lipinski definition) is 0. The second-order valence-corrected chi connectivity index (χ2v) is 14.0. The van der Waals surface area contributed by atoms with E-state index in [0.717, 1.165) is 28.5 Å². The Bertz CT molecular complexity index is 1560. The van der Waals surface area contributed by atoms with Gasteiger partial charge in [0.25, 0.3) is 8.24 Å². The summed E-state index contributed by atoms with van der Waals surface area (Å²) in [6, 6.07) is 41.2. The van der Waals surface area contributed by atoms with Crippen LogP contribution < -0.4 is 15.6 Å². The van der Waals surface area contributed by atoms with Crippen LogP contribution in [0.25, 0.3) is 0 Å². The molecule has 0 saturated heterocycles. The van der Waals surface area contributed by atoms with Gasteiger partial charge in [0, 0.05) is 12.8 Å². The molecule has 0 saturated carbocycles. The van der Waals surface area contributed by atoms with Crippen LogP contribution in [0.4, 0.5) is 5.69 Å². The van der Waals surface area contributed by atoms with Crippen molar-refractivity contribution < 1.29 is 0 Å². The molecule has 0 aliphatic carbocycles. The third-order valence-corrected chi connectivity index (χ3v) is 11.9. The Morgan fingerprint density at radius 2 is 0.975 bits per heavy atom. The molecule has 4 aromatic carbocycles. The highest BCUT2D eigenvalue weighted by Crippen LogP contribution is 2.26. The monoisotopic (exact) mass is 539 g/mol. The van der Waals surface area contributed by atoms with Crippen molar-refractivity contribution in [1.29, 1.82) is 0 Å². The summed E-state index contributed by atoms with van der Waals surface area (Å²) in [5.74, 6) is 0. The third-order valence-electron chi connectivity index (χ3n) is 7.69. The summed E-state index contributed by atoms with van der Waals surface area (Å²) in [4.78, 5) is 5.08. The van der Waals surface area contributed by atoms with Crippen molar-refractivity contribution in [2.75, 3.05) is 0 Å². The molecule has 0 unspecified atom stereocenters. The Balaban J connectivity index is 1.67. The minimum Gasteiger partial charge on any atom is -0.342 e. The number of aryl methyl sites for hydroxylation is 3. The standard InChI is InChI=1S/C36H37N3Si/c1-26-24-27(2)36(28(3)25-26)37-29(4)34-22-23-35(39(34)6)30(5)38-40(31-16-10-7-11-17-31,32-18-12-8-13-19-32)33-20-14-9-15-21-33/h7-25H,1-6H3/b37-29?,38-30+. The van der Waals surface area contributed by atoms with Crippen molar-refractivity contribution >= 4 is 40.9 Å². The first-order chi connectivity index (χ1) is 19.3. The van der Waals surface area contributed by atoms with Crippen LogP contribution in [0.3, 0.4) is 0 Å². The summed E-state index contributed by atoms with van der Waals surface area (Å²) < 4.78 is 7.97. The Kier molecular flexibility index (Phi) is 7.81. The Morgan fingerprint density at radius 1 is 0.575 bits per heavy atom. The van der Waals surface area contributed by atoms with Crippen LogP contribution in [0.1, 0.15) is 41.9 Å². The molecule has 0 bridgehead atoms. The maximum Gasteiger partial charge on any atom is 0.273 e. The number of hydrogen-bond acceptors (Lipinski definition) is 2. The van der Waals surface area contributed by atoms with Crippen molar-refractivity contribution in [3.8, 4) is 0 Å². The van der Waals surface area contributed by atoms with Gasteiger partial charge in [-0.3, -0.25) is 4.99 Å². The molecular weight excluding hydrogens is 503 g/mol. The lowest BCUT2D eigenvalue weighted by Gasteiger charge is -2.30. The van der Waals surface area contributed by atoms with Crippen LogP contribution in [0.15, 0.2) is 125 Å². The van der Waals surface area contributed by atoms with Crippen LogP contribution >= 0.6 is 0 Å². The zero-order valence-electron chi connectivity index (χ0n) is 24.3. The Hall–Kier alpha value is -4.28. The average Bonchev–Trinajstić information content (AvgIpc) is 3.36. The summed E-state index contributed by atoms with van der Waals surface area (Å²) >= 11 is 0. The van der Waals surface area contributed by atoms with E-state index in [1.54, 1.807) is 0 Å². The van der Waals surface area contributed by atoms with Gasteiger partial charge in [0.2, 0.25) is 0 Å². The van der Waals surface area contributed by atoms with Crippen molar-refractivity contribution in [2.24, 2.45) is 16.7 Å². The molecule has 40 heavy (non-hydrogen) atoms. The van der Waals surface area contributed by atoms with Gasteiger partial charge in [-0.05, 0) is 73.4 Å². The largest absolute Gasteiger partial charge is 0.342 e. The van der Waals surface area contributed by atoms with Gasteiger partial charge in [0.1, 0.15) is 0 Å². The van der Waals surface area contributed by atoms with E-state index in [2.05, 4.69) is 161 Å². The van der Waals surface area contributed by atoms with Crippen LogP contribution in [0.2, 0.25) is 0 Å². The van der Waals surface area contributed by atoms with E-state index in [0.29, 0.717) is 0 Å². The maximum atomic E-state index is 5.74. The van der Waals surface area contributed by atoms with E-state index < -0.39 is 8.24 Å². The minimum absolute atomic E-state index is 0.995. The second kappa shape index (κ2) is 11.4. The highest BCUT2D eigenvalue weighted by Gasteiger charge is 2.40. The number of aromatic nitrogens is 1. The van der Waals surface area contributed by atoms with Crippen LogP contribution in [-0.4, -0.2) is 24.2 Å². The van der Waals surface area contributed by atoms with E-state index in [4.69, 9.17) is 9.65 Å². The van der Waals surface area contributed by atoms with E-state index in [9.17, 15) is 0 Å². The van der Waals surface area contributed by atoms with E-state index >= 15 is 0 Å². The lowest BCUT2D eigenvalue weighted by atomic mass is 10.1. The predicted octanol–water partition coefficient (Wildman–Crippen LogP) is 6.57. The lowest BCUT2D eigenvalue weighted by molar-refractivity contribution is 0.900. The molecule has 0 aliphatic heterocycles. The van der Waals surface area contributed by atoms with Gasteiger partial charge in [-0.25, -0.2) is 0 Å². The molecule has 0 N–H and O–H groups in total. The minimum atomic E-state index is -2.75. The van der Waals surface area contributed by atoms with Crippen molar-refractivity contribution in [1.82, 2.24) is 4.57 Å². The van der Waals surface area contributed by atoms with Crippen LogP contribution in [0, 0.1) is 20.8 Å². The SMILES string of the molecule is CC(=Nc1c(C)cc(C)cc1C)c1ccc(/C(C)=N/[Si](c2ccccc2)(c2ccccc2)c2ccccc2)n1C. The molecule has 0 aliphatic rings. The summed E-state index contributed by atoms with van der Waals surface area (Å²) in [5.41, 5.74) is 8.93. The highest BCUT2D eigenvalue weighted by molar-refractivity contribution is 7.10. The van der Waals surface area contributed by atoms with Crippen molar-refractivity contribution in [3.63, 3.8) is 0 Å². The molecule has 0 fully saturated rings. The fraction of sp³-hybridized carbons (Fsp3) is 0.167.